The third kappa shape index (κ3) is 3.39. The predicted molar refractivity (Wildman–Crippen MR) is 100 cm³/mol. The van der Waals surface area contributed by atoms with Gasteiger partial charge >= 0.3 is 0 Å². The summed E-state index contributed by atoms with van der Waals surface area (Å²) in [6, 6.07) is 17.7. The van der Waals surface area contributed by atoms with Crippen LogP contribution in [0.3, 0.4) is 0 Å². The van der Waals surface area contributed by atoms with E-state index < -0.39 is 6.17 Å². The van der Waals surface area contributed by atoms with Gasteiger partial charge < -0.3 is 10.6 Å². The van der Waals surface area contributed by atoms with Crippen molar-refractivity contribution in [3.63, 3.8) is 0 Å². The van der Waals surface area contributed by atoms with Crippen LogP contribution in [0.15, 0.2) is 59.6 Å². The molecular formula is C20H25N3O. The second-order valence-electron chi connectivity index (χ2n) is 5.61. The summed E-state index contributed by atoms with van der Waals surface area (Å²) in [5, 5.41) is 0. The quantitative estimate of drug-likeness (QED) is 0.918. The maximum Gasteiger partial charge on any atom is 0.266 e. The molecule has 126 valence electrons. The van der Waals surface area contributed by atoms with Crippen LogP contribution in [-0.2, 0) is 4.79 Å². The van der Waals surface area contributed by atoms with E-state index in [4.69, 9.17) is 5.73 Å². The number of aliphatic imine (C=N–C) groups is 1. The molecule has 3 rings (SSSR count). The average Bonchev–Trinajstić information content (AvgIpc) is 2.73. The van der Waals surface area contributed by atoms with E-state index in [1.54, 1.807) is 4.90 Å². The van der Waals surface area contributed by atoms with Crippen LogP contribution in [-0.4, -0.2) is 23.8 Å². The highest BCUT2D eigenvalue weighted by Gasteiger charge is 2.31. The average molecular weight is 323 g/mol. The molecule has 0 spiro atoms. The van der Waals surface area contributed by atoms with Crippen LogP contribution in [0.25, 0.3) is 0 Å². The van der Waals surface area contributed by atoms with Crippen molar-refractivity contribution in [2.24, 2.45) is 10.7 Å². The normalized spacial score (nSPS) is 16.8. The number of nitrogens with zero attached hydrogens (tertiary/aromatic N) is 2. The minimum absolute atomic E-state index is 0.0185. The Bertz CT molecular complexity index is 723. The summed E-state index contributed by atoms with van der Waals surface area (Å²) in [6.07, 6.45) is -0.884. The third-order valence-electron chi connectivity index (χ3n) is 3.74. The highest BCUT2D eigenvalue weighted by molar-refractivity contribution is 6.20. The summed E-state index contributed by atoms with van der Waals surface area (Å²) in [5.74, 6) is -0.173. The number of rotatable bonds is 2. The monoisotopic (exact) mass is 323 g/mol. The van der Waals surface area contributed by atoms with Gasteiger partial charge in [0.05, 0.1) is 11.4 Å². The molecule has 2 aromatic rings. The van der Waals surface area contributed by atoms with E-state index in [1.165, 1.54) is 0 Å². The molecule has 0 aliphatic carbocycles. The molecule has 0 bridgehead atoms. The Morgan fingerprint density at radius 1 is 1.00 bits per heavy atom. The number of nitrogens with two attached hydrogens (primary N) is 1. The summed E-state index contributed by atoms with van der Waals surface area (Å²) in [5.41, 5.74) is 9.55. The maximum atomic E-state index is 12.6. The lowest BCUT2D eigenvalue weighted by Crippen LogP contribution is -2.45. The van der Waals surface area contributed by atoms with Crippen molar-refractivity contribution in [3.8, 4) is 0 Å². The van der Waals surface area contributed by atoms with Crippen molar-refractivity contribution < 1.29 is 4.79 Å². The second kappa shape index (κ2) is 7.88. The number of hydrogen-bond donors (Lipinski definition) is 1. The smallest absolute Gasteiger partial charge is 0.266 e. The van der Waals surface area contributed by atoms with E-state index in [0.717, 1.165) is 22.5 Å². The fourth-order valence-electron chi connectivity index (χ4n) is 2.77. The highest BCUT2D eigenvalue weighted by atomic mass is 16.2. The van der Waals surface area contributed by atoms with Crippen molar-refractivity contribution >= 4 is 17.3 Å². The van der Waals surface area contributed by atoms with Gasteiger partial charge in [0.1, 0.15) is 0 Å². The second-order valence-corrected chi connectivity index (χ2v) is 5.61. The first kappa shape index (κ1) is 17.9. The zero-order chi connectivity index (χ0) is 17.7. The molecule has 4 heteroatoms. The zero-order valence-electron chi connectivity index (χ0n) is 14.7. The number of anilines is 1. The number of benzodiazepines with no additional fused rings is 1. The lowest BCUT2D eigenvalue weighted by atomic mass is 10.00. The summed E-state index contributed by atoms with van der Waals surface area (Å²) >= 11 is 0. The molecule has 0 radical (unpaired) electrons. The molecule has 2 aromatic carbocycles. The van der Waals surface area contributed by atoms with Gasteiger partial charge in [-0.3, -0.25) is 9.79 Å². The van der Waals surface area contributed by atoms with Crippen molar-refractivity contribution in [2.45, 2.75) is 39.9 Å². The minimum Gasteiger partial charge on any atom is -0.306 e. The van der Waals surface area contributed by atoms with Crippen LogP contribution < -0.4 is 10.6 Å². The SMILES string of the molecule is CC.CC(C)N1C(=O)[C@@H](N)N=C(c2ccccc2)c2ccccc21. The summed E-state index contributed by atoms with van der Waals surface area (Å²) < 4.78 is 0. The third-order valence-corrected chi connectivity index (χ3v) is 3.74. The van der Waals surface area contributed by atoms with Gasteiger partial charge in [0.2, 0.25) is 0 Å². The molecule has 24 heavy (non-hydrogen) atoms. The van der Waals surface area contributed by atoms with Gasteiger partial charge in [0, 0.05) is 17.2 Å². The molecule has 1 aliphatic heterocycles. The van der Waals surface area contributed by atoms with E-state index in [9.17, 15) is 4.79 Å². The largest absolute Gasteiger partial charge is 0.306 e. The lowest BCUT2D eigenvalue weighted by Gasteiger charge is -2.28. The maximum absolute atomic E-state index is 12.6. The van der Waals surface area contributed by atoms with Gasteiger partial charge in [-0.25, -0.2) is 0 Å². The Labute approximate surface area is 144 Å². The molecule has 0 saturated carbocycles. The summed E-state index contributed by atoms with van der Waals surface area (Å²) in [4.78, 5) is 18.9. The van der Waals surface area contributed by atoms with Gasteiger partial charge in [-0.05, 0) is 19.9 Å². The first-order chi connectivity index (χ1) is 11.6. The Morgan fingerprint density at radius 3 is 2.21 bits per heavy atom. The fraction of sp³-hybridized carbons (Fsp3) is 0.300. The summed E-state index contributed by atoms with van der Waals surface area (Å²) in [7, 11) is 0. The zero-order valence-corrected chi connectivity index (χ0v) is 14.7. The first-order valence-electron chi connectivity index (χ1n) is 8.41. The van der Waals surface area contributed by atoms with Crippen molar-refractivity contribution in [1.82, 2.24) is 0 Å². The first-order valence-corrected chi connectivity index (χ1v) is 8.41. The van der Waals surface area contributed by atoms with E-state index in [-0.39, 0.29) is 11.9 Å². The molecule has 4 nitrogen and oxygen atoms in total. The highest BCUT2D eigenvalue weighted by Crippen LogP contribution is 2.29. The molecule has 1 atom stereocenters. The van der Waals surface area contributed by atoms with E-state index in [1.807, 2.05) is 82.3 Å². The minimum atomic E-state index is -0.884. The molecular weight excluding hydrogens is 298 g/mol. The van der Waals surface area contributed by atoms with Crippen molar-refractivity contribution in [2.75, 3.05) is 4.90 Å². The number of fused-ring (bicyclic) bond motifs is 1. The van der Waals surface area contributed by atoms with Crippen LogP contribution in [0.1, 0.15) is 38.8 Å². The van der Waals surface area contributed by atoms with Gasteiger partial charge in [-0.1, -0.05) is 62.4 Å². The molecule has 2 N–H and O–H groups in total. The van der Waals surface area contributed by atoms with Crippen molar-refractivity contribution in [1.29, 1.82) is 0 Å². The molecule has 0 fully saturated rings. The molecule has 0 saturated heterocycles. The van der Waals surface area contributed by atoms with E-state index in [0.29, 0.717) is 0 Å². The van der Waals surface area contributed by atoms with Gasteiger partial charge in [0.25, 0.3) is 5.91 Å². The number of benzene rings is 2. The number of para-hydroxylation sites is 1. The van der Waals surface area contributed by atoms with Crippen LogP contribution in [0, 0.1) is 0 Å². The molecule has 1 heterocycles. The standard InChI is InChI=1S/C18H19N3O.C2H6/c1-12(2)21-15-11-7-6-10-14(15)16(20-17(19)18(21)22)13-8-4-3-5-9-13;1-2/h3-12,17H,19H2,1-2H3;1-2H3/t17-;/m0./s1. The van der Waals surface area contributed by atoms with Crippen LogP contribution in [0.2, 0.25) is 0 Å². The molecule has 0 aromatic heterocycles. The Kier molecular flexibility index (Phi) is 5.88. The number of carbonyl (C=O) groups excluding carboxylic acids is 1. The topological polar surface area (TPSA) is 58.7 Å². The Balaban J connectivity index is 0.00000100. The van der Waals surface area contributed by atoms with E-state index in [2.05, 4.69) is 4.99 Å². The molecule has 1 aliphatic rings. The Morgan fingerprint density at radius 2 is 1.58 bits per heavy atom. The number of hydrogen-bond acceptors (Lipinski definition) is 3. The number of carbonyl (C=O) groups is 1. The van der Waals surface area contributed by atoms with Crippen LogP contribution in [0.5, 0.6) is 0 Å². The van der Waals surface area contributed by atoms with E-state index >= 15 is 0 Å². The van der Waals surface area contributed by atoms with Gasteiger partial charge in [0.15, 0.2) is 6.17 Å². The van der Waals surface area contributed by atoms with Crippen LogP contribution in [0.4, 0.5) is 5.69 Å². The predicted octanol–water partition coefficient (Wildman–Crippen LogP) is 3.59. The summed E-state index contributed by atoms with van der Waals surface area (Å²) in [6.45, 7) is 7.96. The van der Waals surface area contributed by atoms with Gasteiger partial charge in [-0.2, -0.15) is 0 Å². The van der Waals surface area contributed by atoms with Crippen LogP contribution >= 0.6 is 0 Å². The Hall–Kier alpha value is -2.46. The molecule has 0 unspecified atom stereocenters. The number of amides is 1. The van der Waals surface area contributed by atoms with Crippen molar-refractivity contribution in [3.05, 3.63) is 65.7 Å². The van der Waals surface area contributed by atoms with Gasteiger partial charge in [-0.15, -0.1) is 0 Å². The fourth-order valence-corrected chi connectivity index (χ4v) is 2.77. The lowest BCUT2D eigenvalue weighted by molar-refractivity contribution is -0.120. The molecule has 1 amide bonds.